The summed E-state index contributed by atoms with van der Waals surface area (Å²) >= 11 is 6.02. The van der Waals surface area contributed by atoms with Gasteiger partial charge in [0.15, 0.2) is 11.5 Å². The minimum Gasteiger partial charge on any atom is -0.493 e. The molecule has 0 aliphatic rings. The van der Waals surface area contributed by atoms with Crippen molar-refractivity contribution >= 4 is 11.6 Å². The number of benzene rings is 2. The fraction of sp³-hybridized carbons (Fsp3) is 0.368. The number of aliphatic hydroxyl groups is 1. The molecular formula is C19H24ClNO4. The van der Waals surface area contributed by atoms with Gasteiger partial charge >= 0.3 is 0 Å². The Morgan fingerprint density at radius 2 is 1.96 bits per heavy atom. The monoisotopic (exact) mass is 365 g/mol. The second-order valence-corrected chi connectivity index (χ2v) is 5.82. The first-order valence-corrected chi connectivity index (χ1v) is 8.55. The van der Waals surface area contributed by atoms with E-state index in [4.69, 9.17) is 30.9 Å². The van der Waals surface area contributed by atoms with Crippen LogP contribution in [0.25, 0.3) is 0 Å². The molecule has 2 rings (SSSR count). The normalized spacial score (nSPS) is 10.7. The summed E-state index contributed by atoms with van der Waals surface area (Å²) < 4.78 is 16.7. The lowest BCUT2D eigenvalue weighted by Crippen LogP contribution is -2.20. The van der Waals surface area contributed by atoms with E-state index in [0.717, 1.165) is 11.1 Å². The molecule has 0 bridgehead atoms. The zero-order chi connectivity index (χ0) is 17.9. The number of methoxy groups -OCH3 is 1. The number of rotatable bonds is 11. The standard InChI is InChI=1S/C19H24ClNO4/c1-23-18-7-3-5-16(13-21-8-10-24-11-9-22)19(18)25-14-15-4-2-6-17(20)12-15/h2-7,12,21-22H,8-11,13-14H2,1H3. The third-order valence-corrected chi connectivity index (χ3v) is 3.76. The summed E-state index contributed by atoms with van der Waals surface area (Å²) in [5.74, 6) is 1.41. The fourth-order valence-electron chi connectivity index (χ4n) is 2.34. The number of ether oxygens (including phenoxy) is 3. The van der Waals surface area contributed by atoms with E-state index in [-0.39, 0.29) is 6.61 Å². The minimum absolute atomic E-state index is 0.0391. The Hall–Kier alpha value is -1.79. The van der Waals surface area contributed by atoms with Crippen LogP contribution in [0, 0.1) is 0 Å². The fourth-order valence-corrected chi connectivity index (χ4v) is 2.55. The van der Waals surface area contributed by atoms with Crippen LogP contribution in [0.4, 0.5) is 0 Å². The van der Waals surface area contributed by atoms with Gasteiger partial charge in [0, 0.05) is 23.7 Å². The average molecular weight is 366 g/mol. The van der Waals surface area contributed by atoms with Crippen molar-refractivity contribution in [3.8, 4) is 11.5 Å². The highest BCUT2D eigenvalue weighted by Crippen LogP contribution is 2.32. The molecule has 0 aliphatic carbocycles. The second kappa shape index (κ2) is 10.9. The van der Waals surface area contributed by atoms with Crippen molar-refractivity contribution in [1.82, 2.24) is 5.32 Å². The van der Waals surface area contributed by atoms with Crippen molar-refractivity contribution in [3.05, 3.63) is 58.6 Å². The first-order chi connectivity index (χ1) is 12.2. The highest BCUT2D eigenvalue weighted by atomic mass is 35.5. The number of aliphatic hydroxyl groups excluding tert-OH is 1. The lowest BCUT2D eigenvalue weighted by Gasteiger charge is -2.16. The molecule has 0 heterocycles. The smallest absolute Gasteiger partial charge is 0.166 e. The molecule has 0 aromatic heterocycles. The molecular weight excluding hydrogens is 342 g/mol. The largest absolute Gasteiger partial charge is 0.493 e. The van der Waals surface area contributed by atoms with Gasteiger partial charge in [0.2, 0.25) is 0 Å². The van der Waals surface area contributed by atoms with E-state index in [1.165, 1.54) is 0 Å². The molecule has 0 radical (unpaired) electrons. The zero-order valence-corrected chi connectivity index (χ0v) is 15.1. The molecule has 0 aliphatic heterocycles. The Kier molecular flexibility index (Phi) is 8.55. The van der Waals surface area contributed by atoms with Gasteiger partial charge in [-0.1, -0.05) is 35.9 Å². The van der Waals surface area contributed by atoms with E-state index in [2.05, 4.69) is 5.32 Å². The molecule has 25 heavy (non-hydrogen) atoms. The first-order valence-electron chi connectivity index (χ1n) is 8.17. The van der Waals surface area contributed by atoms with Crippen molar-refractivity contribution < 1.29 is 19.3 Å². The van der Waals surface area contributed by atoms with Crippen LogP contribution in [0.15, 0.2) is 42.5 Å². The summed E-state index contributed by atoms with van der Waals surface area (Å²) in [7, 11) is 1.63. The van der Waals surface area contributed by atoms with Crippen molar-refractivity contribution in [3.63, 3.8) is 0 Å². The van der Waals surface area contributed by atoms with E-state index in [1.807, 2.05) is 42.5 Å². The van der Waals surface area contributed by atoms with Crippen LogP contribution in [0.5, 0.6) is 11.5 Å². The second-order valence-electron chi connectivity index (χ2n) is 5.38. The molecule has 5 nitrogen and oxygen atoms in total. The van der Waals surface area contributed by atoms with Crippen LogP contribution in [0.1, 0.15) is 11.1 Å². The number of para-hydroxylation sites is 1. The topological polar surface area (TPSA) is 60.0 Å². The quantitative estimate of drug-likeness (QED) is 0.599. The van der Waals surface area contributed by atoms with Gasteiger partial charge in [-0.05, 0) is 23.8 Å². The van der Waals surface area contributed by atoms with E-state index in [0.29, 0.717) is 49.4 Å². The molecule has 0 saturated heterocycles. The molecule has 0 fully saturated rings. The number of hydrogen-bond acceptors (Lipinski definition) is 5. The average Bonchev–Trinajstić information content (AvgIpc) is 2.63. The van der Waals surface area contributed by atoms with E-state index in [1.54, 1.807) is 7.11 Å². The van der Waals surface area contributed by atoms with Crippen LogP contribution in [-0.2, 0) is 17.9 Å². The molecule has 6 heteroatoms. The molecule has 2 aromatic carbocycles. The van der Waals surface area contributed by atoms with Gasteiger partial charge in [-0.15, -0.1) is 0 Å². The van der Waals surface area contributed by atoms with Gasteiger partial charge in [-0.3, -0.25) is 0 Å². The minimum atomic E-state index is 0.0391. The zero-order valence-electron chi connectivity index (χ0n) is 14.3. The highest BCUT2D eigenvalue weighted by Gasteiger charge is 2.11. The van der Waals surface area contributed by atoms with E-state index < -0.39 is 0 Å². The summed E-state index contributed by atoms with van der Waals surface area (Å²) in [6.07, 6.45) is 0. The van der Waals surface area contributed by atoms with Crippen LogP contribution < -0.4 is 14.8 Å². The van der Waals surface area contributed by atoms with Gasteiger partial charge in [-0.2, -0.15) is 0 Å². The maximum atomic E-state index is 8.68. The molecule has 2 N–H and O–H groups in total. The third kappa shape index (κ3) is 6.55. The Labute approximate surface area is 153 Å². The van der Waals surface area contributed by atoms with Crippen molar-refractivity contribution in [2.45, 2.75) is 13.2 Å². The molecule has 0 spiro atoms. The molecule has 2 aromatic rings. The van der Waals surface area contributed by atoms with Gasteiger partial charge in [0.05, 0.1) is 26.9 Å². The number of halogens is 1. The Balaban J connectivity index is 1.97. The van der Waals surface area contributed by atoms with Crippen molar-refractivity contribution in [1.29, 1.82) is 0 Å². The van der Waals surface area contributed by atoms with Crippen molar-refractivity contribution in [2.24, 2.45) is 0 Å². The lowest BCUT2D eigenvalue weighted by molar-refractivity contribution is 0.0937. The number of nitrogens with one attached hydrogen (secondary N) is 1. The number of hydrogen-bond donors (Lipinski definition) is 2. The maximum Gasteiger partial charge on any atom is 0.166 e. The van der Waals surface area contributed by atoms with Gasteiger partial charge in [0.25, 0.3) is 0 Å². The predicted octanol–water partition coefficient (Wildman–Crippen LogP) is 3.03. The predicted molar refractivity (Wildman–Crippen MR) is 98.4 cm³/mol. The van der Waals surface area contributed by atoms with E-state index in [9.17, 15) is 0 Å². The first kappa shape index (κ1) is 19.5. The van der Waals surface area contributed by atoms with Gasteiger partial charge in [-0.25, -0.2) is 0 Å². The molecule has 0 atom stereocenters. The highest BCUT2D eigenvalue weighted by molar-refractivity contribution is 6.30. The molecule has 0 unspecified atom stereocenters. The maximum absolute atomic E-state index is 8.68. The van der Waals surface area contributed by atoms with Crippen LogP contribution in [0.2, 0.25) is 5.02 Å². The molecule has 136 valence electrons. The van der Waals surface area contributed by atoms with Gasteiger partial charge < -0.3 is 24.6 Å². The molecule has 0 amide bonds. The van der Waals surface area contributed by atoms with E-state index >= 15 is 0 Å². The Morgan fingerprint density at radius 1 is 1.12 bits per heavy atom. The van der Waals surface area contributed by atoms with Crippen molar-refractivity contribution in [2.75, 3.05) is 33.5 Å². The van der Waals surface area contributed by atoms with Crippen LogP contribution >= 0.6 is 11.6 Å². The SMILES string of the molecule is COc1cccc(CNCCOCCO)c1OCc1cccc(Cl)c1. The van der Waals surface area contributed by atoms with Crippen LogP contribution in [-0.4, -0.2) is 38.6 Å². The summed E-state index contributed by atoms with van der Waals surface area (Å²) in [5, 5.41) is 12.7. The van der Waals surface area contributed by atoms with Crippen LogP contribution in [0.3, 0.4) is 0 Å². The summed E-state index contributed by atoms with van der Waals surface area (Å²) in [4.78, 5) is 0. The third-order valence-electron chi connectivity index (χ3n) is 3.53. The Bertz CT molecular complexity index is 651. The molecule has 0 saturated carbocycles. The van der Waals surface area contributed by atoms with Gasteiger partial charge in [0.1, 0.15) is 6.61 Å². The Morgan fingerprint density at radius 3 is 2.72 bits per heavy atom. The lowest BCUT2D eigenvalue weighted by atomic mass is 10.1. The summed E-state index contributed by atoms with van der Waals surface area (Å²) in [5.41, 5.74) is 2.00. The summed E-state index contributed by atoms with van der Waals surface area (Å²) in [6, 6.07) is 13.4. The summed E-state index contributed by atoms with van der Waals surface area (Å²) in [6.45, 7) is 2.67.